The van der Waals surface area contributed by atoms with Crippen LogP contribution in [-0.4, -0.2) is 23.9 Å². The van der Waals surface area contributed by atoms with E-state index in [2.05, 4.69) is 10.6 Å². The van der Waals surface area contributed by atoms with Crippen molar-refractivity contribution in [1.82, 2.24) is 5.32 Å². The number of benzene rings is 1. The lowest BCUT2D eigenvalue weighted by atomic mass is 9.83. The number of hydrogen-bond acceptors (Lipinski definition) is 5. The summed E-state index contributed by atoms with van der Waals surface area (Å²) >= 11 is 0. The molecule has 21 heavy (non-hydrogen) atoms. The first-order valence-electron chi connectivity index (χ1n) is 6.73. The number of carbonyl (C=O) groups is 1. The van der Waals surface area contributed by atoms with Gasteiger partial charge in [0.2, 0.25) is 5.91 Å². The molecular weight excluding hydrogens is 272 g/mol. The second kappa shape index (κ2) is 5.89. The molecule has 2 rings (SSSR count). The number of rotatable bonds is 4. The summed E-state index contributed by atoms with van der Waals surface area (Å²) in [4.78, 5) is 22.6. The van der Waals surface area contributed by atoms with Crippen molar-refractivity contribution in [3.63, 3.8) is 0 Å². The number of hydrogen-bond donors (Lipinski definition) is 2. The second-order valence-corrected chi connectivity index (χ2v) is 5.11. The van der Waals surface area contributed by atoms with Crippen LogP contribution in [0.4, 0.5) is 11.4 Å². The number of nitro benzene ring substituents is 1. The van der Waals surface area contributed by atoms with Crippen molar-refractivity contribution < 1.29 is 9.72 Å². The van der Waals surface area contributed by atoms with E-state index in [4.69, 9.17) is 5.26 Å². The SMILES string of the molecule is CCC1(C(=O)Nc2ccc([N+](=O)[O-])cc2C#N)CCNC1. The van der Waals surface area contributed by atoms with Crippen LogP contribution in [0.3, 0.4) is 0 Å². The molecule has 1 saturated heterocycles. The summed E-state index contributed by atoms with van der Waals surface area (Å²) < 4.78 is 0. The third-order valence-electron chi connectivity index (χ3n) is 3.98. The Morgan fingerprint density at radius 1 is 1.62 bits per heavy atom. The number of non-ortho nitro benzene ring substituents is 1. The summed E-state index contributed by atoms with van der Waals surface area (Å²) in [6, 6.07) is 5.73. The zero-order valence-corrected chi connectivity index (χ0v) is 11.7. The van der Waals surface area contributed by atoms with Gasteiger partial charge in [0.25, 0.3) is 5.69 Å². The number of carbonyl (C=O) groups excluding carboxylic acids is 1. The molecule has 1 heterocycles. The molecule has 7 nitrogen and oxygen atoms in total. The van der Waals surface area contributed by atoms with Gasteiger partial charge in [0.1, 0.15) is 6.07 Å². The number of amides is 1. The molecule has 1 unspecified atom stereocenters. The first-order chi connectivity index (χ1) is 10.0. The van der Waals surface area contributed by atoms with Crippen LogP contribution in [0.15, 0.2) is 18.2 Å². The fourth-order valence-electron chi connectivity index (χ4n) is 2.50. The van der Waals surface area contributed by atoms with Gasteiger partial charge in [-0.2, -0.15) is 5.26 Å². The summed E-state index contributed by atoms with van der Waals surface area (Å²) in [5.74, 6) is -0.152. The van der Waals surface area contributed by atoms with Gasteiger partial charge >= 0.3 is 0 Å². The van der Waals surface area contributed by atoms with Gasteiger partial charge in [-0.3, -0.25) is 14.9 Å². The van der Waals surface area contributed by atoms with Crippen LogP contribution < -0.4 is 10.6 Å². The maximum absolute atomic E-state index is 12.5. The van der Waals surface area contributed by atoms with Crippen molar-refractivity contribution in [1.29, 1.82) is 5.26 Å². The zero-order valence-electron chi connectivity index (χ0n) is 11.7. The third kappa shape index (κ3) is 2.85. The predicted octanol–water partition coefficient (Wildman–Crippen LogP) is 1.79. The van der Waals surface area contributed by atoms with Gasteiger partial charge in [-0.05, 0) is 25.5 Å². The molecule has 0 spiro atoms. The van der Waals surface area contributed by atoms with Crippen LogP contribution >= 0.6 is 0 Å². The van der Waals surface area contributed by atoms with Gasteiger partial charge in [-0.1, -0.05) is 6.92 Å². The summed E-state index contributed by atoms with van der Waals surface area (Å²) in [6.07, 6.45) is 1.44. The Hall–Kier alpha value is -2.46. The van der Waals surface area contributed by atoms with Gasteiger partial charge in [0.15, 0.2) is 0 Å². The monoisotopic (exact) mass is 288 g/mol. The number of nitro groups is 1. The molecule has 0 aliphatic carbocycles. The molecule has 1 aliphatic heterocycles. The van der Waals surface area contributed by atoms with Crippen LogP contribution in [0, 0.1) is 26.9 Å². The molecule has 1 atom stereocenters. The molecule has 1 aromatic carbocycles. The maximum atomic E-state index is 12.5. The van der Waals surface area contributed by atoms with Crippen LogP contribution in [0.2, 0.25) is 0 Å². The minimum absolute atomic E-state index is 0.0924. The van der Waals surface area contributed by atoms with Crippen LogP contribution in [0.1, 0.15) is 25.3 Å². The molecule has 1 aliphatic rings. The van der Waals surface area contributed by atoms with Crippen LogP contribution in [0.25, 0.3) is 0 Å². The van der Waals surface area contributed by atoms with Gasteiger partial charge < -0.3 is 10.6 Å². The standard InChI is InChI=1S/C14H16N4O3/c1-2-14(5-6-16-9-14)13(19)17-12-4-3-11(18(20)21)7-10(12)8-15/h3-4,7,16H,2,5-6,9H2,1H3,(H,17,19). The lowest BCUT2D eigenvalue weighted by molar-refractivity contribution is -0.384. The molecule has 0 bridgehead atoms. The van der Waals surface area contributed by atoms with Crippen molar-refractivity contribution in [3.8, 4) is 6.07 Å². The van der Waals surface area contributed by atoms with E-state index < -0.39 is 10.3 Å². The molecule has 1 aromatic rings. The van der Waals surface area contributed by atoms with Crippen LogP contribution in [0.5, 0.6) is 0 Å². The van der Waals surface area contributed by atoms with Gasteiger partial charge in [0.05, 0.1) is 21.6 Å². The van der Waals surface area contributed by atoms with E-state index in [1.54, 1.807) is 0 Å². The molecule has 110 valence electrons. The molecule has 0 aromatic heterocycles. The molecule has 1 fully saturated rings. The van der Waals surface area contributed by atoms with Crippen LogP contribution in [-0.2, 0) is 4.79 Å². The van der Waals surface area contributed by atoms with Crippen molar-refractivity contribution in [3.05, 3.63) is 33.9 Å². The highest BCUT2D eigenvalue weighted by atomic mass is 16.6. The van der Waals surface area contributed by atoms with Crippen molar-refractivity contribution in [2.75, 3.05) is 18.4 Å². The molecular formula is C14H16N4O3. The van der Waals surface area contributed by atoms with Crippen molar-refractivity contribution >= 4 is 17.3 Å². The summed E-state index contributed by atoms with van der Waals surface area (Å²) in [7, 11) is 0. The third-order valence-corrected chi connectivity index (χ3v) is 3.98. The lowest BCUT2D eigenvalue weighted by Crippen LogP contribution is -2.37. The first kappa shape index (κ1) is 14.9. The highest BCUT2D eigenvalue weighted by Gasteiger charge is 2.39. The van der Waals surface area contributed by atoms with Gasteiger partial charge in [-0.25, -0.2) is 0 Å². The van der Waals surface area contributed by atoms with E-state index in [0.29, 0.717) is 18.7 Å². The smallest absolute Gasteiger partial charge is 0.270 e. The Kier molecular flexibility index (Phi) is 4.19. The predicted molar refractivity (Wildman–Crippen MR) is 76.7 cm³/mol. The van der Waals surface area contributed by atoms with E-state index in [0.717, 1.165) is 13.0 Å². The molecule has 2 N–H and O–H groups in total. The fraction of sp³-hybridized carbons (Fsp3) is 0.429. The summed E-state index contributed by atoms with van der Waals surface area (Å²) in [5, 5.41) is 25.7. The average molecular weight is 288 g/mol. The number of nitrogens with one attached hydrogen (secondary N) is 2. The number of nitrogens with zero attached hydrogens (tertiary/aromatic N) is 2. The van der Waals surface area contributed by atoms with Crippen molar-refractivity contribution in [2.24, 2.45) is 5.41 Å². The normalized spacial score (nSPS) is 20.8. The van der Waals surface area contributed by atoms with E-state index in [1.165, 1.54) is 18.2 Å². The Labute approximate surface area is 122 Å². The highest BCUT2D eigenvalue weighted by Crippen LogP contribution is 2.32. The lowest BCUT2D eigenvalue weighted by Gasteiger charge is -2.25. The molecule has 0 saturated carbocycles. The highest BCUT2D eigenvalue weighted by molar-refractivity contribution is 5.97. The van der Waals surface area contributed by atoms with E-state index >= 15 is 0 Å². The average Bonchev–Trinajstić information content (AvgIpc) is 2.97. The quantitative estimate of drug-likeness (QED) is 0.648. The second-order valence-electron chi connectivity index (χ2n) is 5.11. The topological polar surface area (TPSA) is 108 Å². The van der Waals surface area contributed by atoms with Gasteiger partial charge in [-0.15, -0.1) is 0 Å². The Balaban J connectivity index is 2.25. The summed E-state index contributed by atoms with van der Waals surface area (Å²) in [6.45, 7) is 3.34. The van der Waals surface area contributed by atoms with Crippen molar-refractivity contribution in [2.45, 2.75) is 19.8 Å². The molecule has 0 radical (unpaired) electrons. The largest absolute Gasteiger partial charge is 0.324 e. The zero-order chi connectivity index (χ0) is 15.5. The van der Waals surface area contributed by atoms with E-state index in [-0.39, 0.29) is 17.2 Å². The minimum atomic E-state index is -0.569. The molecule has 7 heteroatoms. The molecule has 1 amide bonds. The maximum Gasteiger partial charge on any atom is 0.270 e. The Morgan fingerprint density at radius 2 is 2.38 bits per heavy atom. The number of nitriles is 1. The Bertz CT molecular complexity index is 615. The van der Waals surface area contributed by atoms with E-state index in [1.807, 2.05) is 13.0 Å². The minimum Gasteiger partial charge on any atom is -0.324 e. The number of anilines is 1. The van der Waals surface area contributed by atoms with Gasteiger partial charge in [0, 0.05) is 18.7 Å². The first-order valence-corrected chi connectivity index (χ1v) is 6.73. The summed E-state index contributed by atoms with van der Waals surface area (Å²) in [5.41, 5.74) is -0.242. The van der Waals surface area contributed by atoms with E-state index in [9.17, 15) is 14.9 Å². The fourth-order valence-corrected chi connectivity index (χ4v) is 2.50. The Morgan fingerprint density at radius 3 is 2.90 bits per heavy atom.